The number of fused-ring (bicyclic) bond motifs is 1. The molecule has 0 saturated heterocycles. The molecule has 0 aliphatic carbocycles. The molecule has 0 radical (unpaired) electrons. The first-order chi connectivity index (χ1) is 6.74. The molecule has 0 amide bonds. The molecule has 0 atom stereocenters. The maximum absolute atomic E-state index is 11.3. The second kappa shape index (κ2) is 3.02. The fraction of sp³-hybridized carbons (Fsp3) is 0. The Morgan fingerprint density at radius 3 is 3.21 bits per heavy atom. The molecule has 0 aliphatic rings. The summed E-state index contributed by atoms with van der Waals surface area (Å²) in [6.45, 7) is 0. The molecular weight excluding hydrogens is 204 g/mol. The van der Waals surface area contributed by atoms with E-state index in [0.29, 0.717) is 0 Å². The van der Waals surface area contributed by atoms with Crippen LogP contribution in [-0.4, -0.2) is 24.8 Å². The number of nitrogens with one attached hydrogen (secondary N) is 1. The summed E-state index contributed by atoms with van der Waals surface area (Å²) in [4.78, 5) is 21.3. The normalized spacial score (nSPS) is 10.0. The molecule has 2 rings (SSSR count). The van der Waals surface area contributed by atoms with E-state index < -0.39 is 5.56 Å². The number of hydrogen-bond acceptors (Lipinski definition) is 6. The third-order valence-corrected chi connectivity index (χ3v) is 1.69. The number of nitrogens with two attached hydrogens (primary N) is 1. The minimum absolute atomic E-state index is 0.0769. The lowest BCUT2D eigenvalue weighted by molar-refractivity contribution is 0.884. The van der Waals surface area contributed by atoms with Gasteiger partial charge in [0.1, 0.15) is 0 Å². The van der Waals surface area contributed by atoms with E-state index in [4.69, 9.17) is 5.73 Å². The summed E-state index contributed by atoms with van der Waals surface area (Å²) < 4.78 is 1.14. The standard InChI is InChI=1S/C6H4N6OS/c7-6-11-5(13)3-4(9-1-8-3)12(6)10-2-14/h1H,(H,8,9)(H2,7,11,13). The summed E-state index contributed by atoms with van der Waals surface area (Å²) in [6.07, 6.45) is 1.35. The van der Waals surface area contributed by atoms with Crippen molar-refractivity contribution in [3.63, 3.8) is 0 Å². The van der Waals surface area contributed by atoms with Gasteiger partial charge in [-0.15, -0.1) is 5.10 Å². The molecule has 2 aromatic rings. The van der Waals surface area contributed by atoms with Crippen LogP contribution in [0.25, 0.3) is 11.2 Å². The molecule has 2 aromatic heterocycles. The van der Waals surface area contributed by atoms with E-state index in [1.54, 1.807) is 0 Å². The van der Waals surface area contributed by atoms with E-state index in [9.17, 15) is 4.79 Å². The van der Waals surface area contributed by atoms with Crippen LogP contribution in [0.1, 0.15) is 0 Å². The van der Waals surface area contributed by atoms with Gasteiger partial charge in [-0.05, 0) is 12.2 Å². The van der Waals surface area contributed by atoms with Crippen LogP contribution < -0.4 is 11.3 Å². The van der Waals surface area contributed by atoms with Crippen molar-refractivity contribution < 1.29 is 0 Å². The highest BCUT2D eigenvalue weighted by Gasteiger charge is 2.09. The fourth-order valence-electron chi connectivity index (χ4n) is 1.06. The molecule has 0 aliphatic heterocycles. The third-order valence-electron chi connectivity index (χ3n) is 1.61. The van der Waals surface area contributed by atoms with E-state index in [1.165, 1.54) is 6.33 Å². The number of anilines is 1. The van der Waals surface area contributed by atoms with E-state index in [0.717, 1.165) is 4.68 Å². The van der Waals surface area contributed by atoms with Gasteiger partial charge in [0, 0.05) is 0 Å². The second-order valence-corrected chi connectivity index (χ2v) is 2.56. The SMILES string of the molecule is Nc1nc(=O)c2[nH]cnc2n1N=C=S. The van der Waals surface area contributed by atoms with Crippen molar-refractivity contribution in [1.82, 2.24) is 19.6 Å². The molecule has 8 heteroatoms. The van der Waals surface area contributed by atoms with E-state index >= 15 is 0 Å². The Morgan fingerprint density at radius 2 is 2.50 bits per heavy atom. The number of nitrogen functional groups attached to an aromatic ring is 1. The van der Waals surface area contributed by atoms with Gasteiger partial charge in [-0.2, -0.15) is 9.66 Å². The Bertz CT molecular complexity index is 592. The van der Waals surface area contributed by atoms with Crippen molar-refractivity contribution in [2.75, 3.05) is 5.73 Å². The fourth-order valence-corrected chi connectivity index (χ4v) is 1.14. The summed E-state index contributed by atoms with van der Waals surface area (Å²) in [6, 6.07) is 0. The molecule has 0 fully saturated rings. The Kier molecular flexibility index (Phi) is 1.84. The summed E-state index contributed by atoms with van der Waals surface area (Å²) >= 11 is 4.43. The van der Waals surface area contributed by atoms with Gasteiger partial charge in [0.05, 0.1) is 11.5 Å². The minimum atomic E-state index is -0.481. The first-order valence-corrected chi connectivity index (χ1v) is 3.94. The number of hydrogen-bond donors (Lipinski definition) is 2. The van der Waals surface area contributed by atoms with Gasteiger partial charge in [-0.1, -0.05) is 0 Å². The lowest BCUT2D eigenvalue weighted by Gasteiger charge is -1.99. The van der Waals surface area contributed by atoms with Gasteiger partial charge in [0.15, 0.2) is 11.2 Å². The molecule has 0 saturated carbocycles. The maximum atomic E-state index is 11.3. The summed E-state index contributed by atoms with van der Waals surface area (Å²) in [5.41, 5.74) is 5.48. The zero-order valence-electron chi connectivity index (χ0n) is 6.76. The highest BCUT2D eigenvalue weighted by atomic mass is 32.1. The van der Waals surface area contributed by atoms with Gasteiger partial charge < -0.3 is 10.7 Å². The average molecular weight is 208 g/mol. The maximum Gasteiger partial charge on any atom is 0.300 e. The lowest BCUT2D eigenvalue weighted by atomic mass is 10.5. The highest BCUT2D eigenvalue weighted by Crippen LogP contribution is 2.06. The van der Waals surface area contributed by atoms with Crippen molar-refractivity contribution in [2.24, 2.45) is 5.10 Å². The van der Waals surface area contributed by atoms with Crippen LogP contribution in [0.2, 0.25) is 0 Å². The van der Waals surface area contributed by atoms with Crippen molar-refractivity contribution >= 4 is 34.5 Å². The molecule has 0 aromatic carbocycles. The second-order valence-electron chi connectivity index (χ2n) is 2.38. The number of aromatic nitrogens is 4. The molecule has 7 nitrogen and oxygen atoms in total. The van der Waals surface area contributed by atoms with E-state index in [2.05, 4.69) is 37.4 Å². The first kappa shape index (κ1) is 8.54. The summed E-state index contributed by atoms with van der Waals surface area (Å²) in [5.74, 6) is -0.0769. The number of thiocarbonyl (C=S) groups is 1. The van der Waals surface area contributed by atoms with Crippen LogP contribution in [0.3, 0.4) is 0 Å². The van der Waals surface area contributed by atoms with Crippen LogP contribution >= 0.6 is 12.2 Å². The smallest absolute Gasteiger partial charge is 0.300 e. The predicted octanol–water partition coefficient (Wildman–Crippen LogP) is -0.432. The van der Waals surface area contributed by atoms with Crippen LogP contribution in [0, 0.1) is 0 Å². The lowest BCUT2D eigenvalue weighted by Crippen LogP contribution is -2.15. The summed E-state index contributed by atoms with van der Waals surface area (Å²) in [7, 11) is 0. The van der Waals surface area contributed by atoms with Crippen molar-refractivity contribution in [3.05, 3.63) is 16.7 Å². The number of rotatable bonds is 1. The number of H-pyrrole nitrogens is 1. The topological polar surface area (TPSA) is 102 Å². The molecule has 14 heavy (non-hydrogen) atoms. The Morgan fingerprint density at radius 1 is 1.71 bits per heavy atom. The first-order valence-electron chi connectivity index (χ1n) is 3.54. The zero-order chi connectivity index (χ0) is 10.1. The highest BCUT2D eigenvalue weighted by molar-refractivity contribution is 7.78. The van der Waals surface area contributed by atoms with Crippen LogP contribution in [0.4, 0.5) is 5.95 Å². The Hall–Kier alpha value is -2.05. The average Bonchev–Trinajstić information content (AvgIpc) is 2.60. The van der Waals surface area contributed by atoms with Crippen LogP contribution in [-0.2, 0) is 0 Å². The van der Waals surface area contributed by atoms with E-state index in [1.807, 2.05) is 0 Å². The number of nitrogens with zero attached hydrogens (tertiary/aromatic N) is 4. The zero-order valence-corrected chi connectivity index (χ0v) is 7.58. The van der Waals surface area contributed by atoms with Gasteiger partial charge >= 0.3 is 5.56 Å². The minimum Gasteiger partial charge on any atom is -0.368 e. The van der Waals surface area contributed by atoms with Gasteiger partial charge in [-0.25, -0.2) is 4.98 Å². The third kappa shape index (κ3) is 1.10. The monoisotopic (exact) mass is 208 g/mol. The number of isothiocyanates is 1. The number of aromatic amines is 1. The Balaban J connectivity index is 3.00. The molecule has 3 N–H and O–H groups in total. The molecule has 0 bridgehead atoms. The molecular formula is C6H4N6OS. The van der Waals surface area contributed by atoms with Crippen LogP contribution in [0.5, 0.6) is 0 Å². The molecule has 70 valence electrons. The molecule has 0 spiro atoms. The van der Waals surface area contributed by atoms with Crippen molar-refractivity contribution in [1.29, 1.82) is 0 Å². The van der Waals surface area contributed by atoms with Crippen molar-refractivity contribution in [3.8, 4) is 0 Å². The Labute approximate surface area is 82.3 Å². The van der Waals surface area contributed by atoms with Gasteiger partial charge in [-0.3, -0.25) is 4.79 Å². The van der Waals surface area contributed by atoms with Crippen molar-refractivity contribution in [2.45, 2.75) is 0 Å². The quantitative estimate of drug-likeness (QED) is 0.489. The predicted molar refractivity (Wildman–Crippen MR) is 53.0 cm³/mol. The van der Waals surface area contributed by atoms with E-state index in [-0.39, 0.29) is 17.1 Å². The van der Waals surface area contributed by atoms with Gasteiger partial charge in [0.2, 0.25) is 5.95 Å². The largest absolute Gasteiger partial charge is 0.368 e. The molecule has 0 unspecified atom stereocenters. The van der Waals surface area contributed by atoms with Gasteiger partial charge in [0.25, 0.3) is 0 Å². The molecule has 2 heterocycles. The summed E-state index contributed by atoms with van der Waals surface area (Å²) in [5, 5.41) is 5.74. The van der Waals surface area contributed by atoms with Crippen LogP contribution in [0.15, 0.2) is 16.2 Å². The number of imidazole rings is 1.